The lowest BCUT2D eigenvalue weighted by Gasteiger charge is -2.46. The minimum atomic E-state index is -0.362. The summed E-state index contributed by atoms with van der Waals surface area (Å²) in [4.78, 5) is 45.5. The summed E-state index contributed by atoms with van der Waals surface area (Å²) < 4.78 is 10.3. The molecular formula is C36H41N9O4. The van der Waals surface area contributed by atoms with Gasteiger partial charge in [-0.2, -0.15) is 0 Å². The molecule has 1 atom stereocenters. The summed E-state index contributed by atoms with van der Waals surface area (Å²) in [5, 5.41) is 13.7. The van der Waals surface area contributed by atoms with Gasteiger partial charge in [0.05, 0.1) is 43.9 Å². The maximum absolute atomic E-state index is 13.8. The zero-order chi connectivity index (χ0) is 34.0. The summed E-state index contributed by atoms with van der Waals surface area (Å²) >= 11 is 0. The van der Waals surface area contributed by atoms with Crippen molar-refractivity contribution >= 4 is 22.8 Å². The van der Waals surface area contributed by atoms with Crippen molar-refractivity contribution < 1.29 is 9.84 Å². The number of nitrogens with zero attached hydrogens (tertiary/aromatic N) is 8. The van der Waals surface area contributed by atoms with Crippen molar-refractivity contribution in [1.82, 2.24) is 33.4 Å². The second-order valence-electron chi connectivity index (χ2n) is 14.4. The number of aliphatic hydroxyl groups is 1. The fraction of sp³-hybridized carbons (Fsp3) is 0.417. The Balaban J connectivity index is 1.07. The quantitative estimate of drug-likeness (QED) is 0.268. The van der Waals surface area contributed by atoms with Gasteiger partial charge in [0.1, 0.15) is 17.0 Å². The largest absolute Gasteiger partial charge is 0.392 e. The Kier molecular flexibility index (Phi) is 7.65. The third-order valence-electron chi connectivity index (χ3n) is 10.3. The number of fused-ring (bicyclic) bond motifs is 3. The molecule has 2 aliphatic heterocycles. The molecule has 49 heavy (non-hydrogen) atoms. The van der Waals surface area contributed by atoms with Crippen LogP contribution < -0.4 is 21.3 Å². The number of anilines is 3. The van der Waals surface area contributed by atoms with Gasteiger partial charge in [0, 0.05) is 74.3 Å². The van der Waals surface area contributed by atoms with Crippen molar-refractivity contribution in [3.63, 3.8) is 0 Å². The molecule has 0 unspecified atom stereocenters. The van der Waals surface area contributed by atoms with E-state index >= 15 is 0 Å². The van der Waals surface area contributed by atoms with E-state index in [9.17, 15) is 14.7 Å². The molecule has 5 aromatic heterocycles. The van der Waals surface area contributed by atoms with Gasteiger partial charge in [-0.25, -0.2) is 15.0 Å². The van der Waals surface area contributed by atoms with Crippen LogP contribution in [0, 0.1) is 5.41 Å². The van der Waals surface area contributed by atoms with Crippen LogP contribution in [0.5, 0.6) is 0 Å². The van der Waals surface area contributed by atoms with E-state index < -0.39 is 0 Å². The normalized spacial score (nSPS) is 19.3. The molecule has 1 aliphatic carbocycles. The molecule has 3 aliphatic rings. The van der Waals surface area contributed by atoms with Gasteiger partial charge in [0.25, 0.3) is 11.1 Å². The van der Waals surface area contributed by atoms with E-state index in [0.29, 0.717) is 46.1 Å². The summed E-state index contributed by atoms with van der Waals surface area (Å²) in [5.74, 6) is 0.642. The summed E-state index contributed by atoms with van der Waals surface area (Å²) in [7, 11) is 1.67. The van der Waals surface area contributed by atoms with Crippen molar-refractivity contribution in [1.29, 1.82) is 0 Å². The Morgan fingerprint density at radius 1 is 1.04 bits per heavy atom. The SMILES string of the molecule is C[C@H]1CN(C2COC2)CCN1c1cnc(Nc2cc(-c3ccnc(-n4ccn5c6c(cc5c4=O)CC(C)(C)C6)c3CO)cn(C)c2=O)nc1. The summed E-state index contributed by atoms with van der Waals surface area (Å²) in [6.07, 6.45) is 12.3. The van der Waals surface area contributed by atoms with Crippen molar-refractivity contribution in [3.8, 4) is 16.9 Å². The molecule has 8 rings (SSSR count). The van der Waals surface area contributed by atoms with Crippen molar-refractivity contribution in [2.75, 3.05) is 43.1 Å². The lowest BCUT2D eigenvalue weighted by atomic mass is 9.90. The monoisotopic (exact) mass is 663 g/mol. The molecule has 2 fully saturated rings. The van der Waals surface area contributed by atoms with Crippen LogP contribution >= 0.6 is 0 Å². The average molecular weight is 664 g/mol. The third kappa shape index (κ3) is 5.51. The predicted octanol–water partition coefficient (Wildman–Crippen LogP) is 2.91. The smallest absolute Gasteiger partial charge is 0.280 e. The van der Waals surface area contributed by atoms with Gasteiger partial charge in [0.15, 0.2) is 0 Å². The molecule has 0 bridgehead atoms. The van der Waals surface area contributed by atoms with E-state index in [1.165, 1.54) is 20.4 Å². The van der Waals surface area contributed by atoms with Gasteiger partial charge in [-0.3, -0.25) is 19.1 Å². The minimum Gasteiger partial charge on any atom is -0.392 e. The van der Waals surface area contributed by atoms with E-state index in [1.54, 1.807) is 50.2 Å². The first-order chi connectivity index (χ1) is 23.6. The zero-order valence-electron chi connectivity index (χ0n) is 28.3. The molecular weight excluding hydrogens is 622 g/mol. The van der Waals surface area contributed by atoms with Crippen molar-refractivity contribution in [2.24, 2.45) is 12.5 Å². The first-order valence-electron chi connectivity index (χ1n) is 16.8. The summed E-state index contributed by atoms with van der Waals surface area (Å²) in [6.45, 7) is 10.7. The number of piperazine rings is 1. The van der Waals surface area contributed by atoms with Gasteiger partial charge in [-0.1, -0.05) is 13.8 Å². The lowest BCUT2D eigenvalue weighted by molar-refractivity contribution is -0.0691. The lowest BCUT2D eigenvalue weighted by Crippen LogP contribution is -2.59. The number of nitrogens with one attached hydrogen (secondary N) is 1. The van der Waals surface area contributed by atoms with Crippen molar-refractivity contribution in [3.05, 3.63) is 92.9 Å². The molecule has 0 amide bonds. The van der Waals surface area contributed by atoms with Crippen LogP contribution in [-0.2, 0) is 31.2 Å². The number of rotatable bonds is 7. The van der Waals surface area contributed by atoms with Crippen LogP contribution in [0.15, 0.2) is 65.0 Å². The number of pyridine rings is 2. The number of hydrogen-bond acceptors (Lipinski definition) is 10. The van der Waals surface area contributed by atoms with Gasteiger partial charge in [-0.15, -0.1) is 0 Å². The van der Waals surface area contributed by atoms with E-state index in [2.05, 4.69) is 50.8 Å². The van der Waals surface area contributed by atoms with Gasteiger partial charge in [-0.05, 0) is 54.5 Å². The Hall–Kier alpha value is -4.85. The average Bonchev–Trinajstić information content (AvgIpc) is 3.55. The maximum atomic E-state index is 13.8. The van der Waals surface area contributed by atoms with Crippen LogP contribution in [0.25, 0.3) is 22.5 Å². The fourth-order valence-electron chi connectivity index (χ4n) is 7.68. The number of aryl methyl sites for hydroxylation is 1. The van der Waals surface area contributed by atoms with E-state index in [0.717, 1.165) is 51.4 Å². The second kappa shape index (κ2) is 11.9. The third-order valence-corrected chi connectivity index (χ3v) is 10.3. The topological polar surface area (TPSA) is 135 Å². The Morgan fingerprint density at radius 2 is 1.84 bits per heavy atom. The molecule has 0 spiro atoms. The number of ether oxygens (including phenoxy) is 1. The van der Waals surface area contributed by atoms with Gasteiger partial charge < -0.3 is 29.0 Å². The fourth-order valence-corrected chi connectivity index (χ4v) is 7.68. The highest BCUT2D eigenvalue weighted by atomic mass is 16.5. The predicted molar refractivity (Wildman–Crippen MR) is 187 cm³/mol. The molecule has 2 N–H and O–H groups in total. The highest BCUT2D eigenvalue weighted by Crippen LogP contribution is 2.37. The minimum absolute atomic E-state index is 0.166. The van der Waals surface area contributed by atoms with Crippen LogP contribution in [0.1, 0.15) is 37.6 Å². The Morgan fingerprint density at radius 3 is 2.55 bits per heavy atom. The van der Waals surface area contributed by atoms with E-state index in [-0.39, 0.29) is 28.8 Å². The van der Waals surface area contributed by atoms with Crippen molar-refractivity contribution in [2.45, 2.75) is 52.3 Å². The highest BCUT2D eigenvalue weighted by molar-refractivity contribution is 5.73. The molecule has 5 aromatic rings. The standard InChI is InChI=1S/C36H41N9O4/c1-22-17-42(26-20-49-21-26)7-8-43(22)25-15-38-35(39-16-25)40-29-11-24(18-41(4)33(29)47)27-5-6-37-32(28(27)19-46)45-10-9-44-30(34(45)48)12-23-13-36(2,3)14-31(23)44/h5-6,9-12,15-16,18,22,26,46H,7-8,13-14,17,19-21H2,1-4H3,(H,38,39,40)/t22-/m0/s1. The number of hydrogen-bond donors (Lipinski definition) is 2. The molecule has 7 heterocycles. The molecule has 0 saturated carbocycles. The highest BCUT2D eigenvalue weighted by Gasteiger charge is 2.33. The molecule has 254 valence electrons. The molecule has 0 radical (unpaired) electrons. The molecule has 13 nitrogen and oxygen atoms in total. The van der Waals surface area contributed by atoms with Crippen LogP contribution in [0.3, 0.4) is 0 Å². The first kappa shape index (κ1) is 31.4. The summed E-state index contributed by atoms with van der Waals surface area (Å²) in [6, 6.07) is 6.30. The first-order valence-corrected chi connectivity index (χ1v) is 16.8. The van der Waals surface area contributed by atoms with Crippen LogP contribution in [0.2, 0.25) is 0 Å². The second-order valence-corrected chi connectivity index (χ2v) is 14.4. The number of aromatic nitrogens is 6. The number of aliphatic hydroxyl groups excluding tert-OH is 1. The van der Waals surface area contributed by atoms with E-state index in [4.69, 9.17) is 4.74 Å². The summed E-state index contributed by atoms with van der Waals surface area (Å²) in [5.41, 5.74) is 5.65. The van der Waals surface area contributed by atoms with Gasteiger partial charge in [0.2, 0.25) is 5.95 Å². The maximum Gasteiger partial charge on any atom is 0.280 e. The van der Waals surface area contributed by atoms with Gasteiger partial charge >= 0.3 is 0 Å². The molecule has 2 saturated heterocycles. The van der Waals surface area contributed by atoms with Crippen LogP contribution in [0.4, 0.5) is 17.3 Å². The molecule has 0 aromatic carbocycles. The van der Waals surface area contributed by atoms with Crippen LogP contribution in [-0.4, -0.2) is 83.4 Å². The zero-order valence-corrected chi connectivity index (χ0v) is 28.3. The Bertz CT molecular complexity index is 2180. The van der Waals surface area contributed by atoms with E-state index in [1.807, 2.05) is 16.7 Å². The Labute approximate surface area is 283 Å². The molecule has 13 heteroatoms.